The Morgan fingerprint density at radius 3 is 2.90 bits per heavy atom. The van der Waals surface area contributed by atoms with Gasteiger partial charge in [-0.15, -0.1) is 0 Å². The molecular weight excluding hydrogens is 270 g/mol. The maximum atomic E-state index is 9.15. The number of aryl methyl sites for hydroxylation is 2. The number of anilines is 2. The van der Waals surface area contributed by atoms with Crippen LogP contribution in [0.3, 0.4) is 0 Å². The van der Waals surface area contributed by atoms with E-state index in [-0.39, 0.29) is 0 Å². The summed E-state index contributed by atoms with van der Waals surface area (Å²) in [5.41, 5.74) is 2.52. The van der Waals surface area contributed by atoms with Gasteiger partial charge in [-0.1, -0.05) is 0 Å². The van der Waals surface area contributed by atoms with E-state index in [1.807, 2.05) is 13.0 Å². The van der Waals surface area contributed by atoms with E-state index in [4.69, 9.17) is 5.26 Å². The molecule has 0 radical (unpaired) electrons. The van der Waals surface area contributed by atoms with Crippen LogP contribution in [-0.4, -0.2) is 14.2 Å². The Hall–Kier alpha value is -1.87. The predicted molar refractivity (Wildman–Crippen MR) is 79.2 cm³/mol. The summed E-state index contributed by atoms with van der Waals surface area (Å²) >= 11 is 1.30. The molecule has 0 amide bonds. The molecule has 5 nitrogen and oxygen atoms in total. The van der Waals surface area contributed by atoms with Crippen molar-refractivity contribution in [2.45, 2.75) is 39.7 Å². The van der Waals surface area contributed by atoms with Gasteiger partial charge >= 0.3 is 0 Å². The molecule has 1 unspecified atom stereocenters. The molecule has 2 aromatic heterocycles. The van der Waals surface area contributed by atoms with Crippen molar-refractivity contribution in [1.29, 1.82) is 5.26 Å². The van der Waals surface area contributed by atoms with Crippen molar-refractivity contribution in [1.82, 2.24) is 14.2 Å². The lowest BCUT2D eigenvalue weighted by Crippen LogP contribution is -2.10. The molecule has 104 valence electrons. The average molecular weight is 287 g/mol. The van der Waals surface area contributed by atoms with Crippen molar-refractivity contribution < 1.29 is 0 Å². The second-order valence-electron chi connectivity index (χ2n) is 5.40. The molecule has 1 saturated carbocycles. The van der Waals surface area contributed by atoms with Crippen LogP contribution in [0.2, 0.25) is 0 Å². The van der Waals surface area contributed by atoms with Gasteiger partial charge in [-0.25, -0.2) is 0 Å². The van der Waals surface area contributed by atoms with Gasteiger partial charge in [-0.05, 0) is 51.1 Å². The Morgan fingerprint density at radius 2 is 2.25 bits per heavy atom. The average Bonchev–Trinajstić information content (AvgIpc) is 3.13. The molecule has 1 N–H and O–H groups in total. The second-order valence-corrected chi connectivity index (χ2v) is 6.18. The van der Waals surface area contributed by atoms with Gasteiger partial charge in [0.05, 0.1) is 11.7 Å². The van der Waals surface area contributed by atoms with Crippen LogP contribution < -0.4 is 5.32 Å². The third-order valence-electron chi connectivity index (χ3n) is 3.83. The number of hydrogen-bond donors (Lipinski definition) is 1. The Labute approximate surface area is 122 Å². The van der Waals surface area contributed by atoms with E-state index in [1.54, 1.807) is 0 Å². The molecule has 1 atom stereocenters. The van der Waals surface area contributed by atoms with Crippen molar-refractivity contribution in [2.24, 2.45) is 5.92 Å². The van der Waals surface area contributed by atoms with E-state index >= 15 is 0 Å². The van der Waals surface area contributed by atoms with E-state index in [9.17, 15) is 0 Å². The van der Waals surface area contributed by atoms with Gasteiger partial charge in [-0.3, -0.25) is 4.68 Å². The van der Waals surface area contributed by atoms with E-state index in [1.165, 1.54) is 24.4 Å². The number of nitriles is 1. The molecule has 20 heavy (non-hydrogen) atoms. The normalized spacial score (nSPS) is 15.9. The smallest absolute Gasteiger partial charge is 0.153 e. The van der Waals surface area contributed by atoms with Crippen molar-refractivity contribution >= 4 is 22.4 Å². The zero-order valence-corrected chi connectivity index (χ0v) is 12.7. The quantitative estimate of drug-likeness (QED) is 0.934. The first-order valence-corrected chi connectivity index (χ1v) is 7.57. The van der Waals surface area contributed by atoms with E-state index in [2.05, 4.69) is 39.4 Å². The Balaban J connectivity index is 1.84. The van der Waals surface area contributed by atoms with Crippen LogP contribution in [0.1, 0.15) is 42.8 Å². The molecular formula is C14H17N5S. The highest BCUT2D eigenvalue weighted by molar-refractivity contribution is 7.10. The van der Waals surface area contributed by atoms with Gasteiger partial charge in [0.15, 0.2) is 5.82 Å². The van der Waals surface area contributed by atoms with Crippen LogP contribution in [0.25, 0.3) is 0 Å². The summed E-state index contributed by atoms with van der Waals surface area (Å²) in [6.07, 6.45) is 2.60. The van der Waals surface area contributed by atoms with Gasteiger partial charge in [0.25, 0.3) is 0 Å². The van der Waals surface area contributed by atoms with Crippen molar-refractivity contribution in [2.75, 3.05) is 5.32 Å². The van der Waals surface area contributed by atoms with Crippen LogP contribution in [0, 0.1) is 31.1 Å². The van der Waals surface area contributed by atoms with Gasteiger partial charge < -0.3 is 5.32 Å². The molecule has 1 aliphatic carbocycles. The molecule has 1 aliphatic rings. The molecule has 2 heterocycles. The zero-order chi connectivity index (χ0) is 14.3. The summed E-state index contributed by atoms with van der Waals surface area (Å²) in [6, 6.07) is 4.66. The highest BCUT2D eigenvalue weighted by atomic mass is 32.1. The van der Waals surface area contributed by atoms with Crippen LogP contribution in [0.4, 0.5) is 10.8 Å². The fourth-order valence-electron chi connectivity index (χ4n) is 2.44. The molecule has 1 fully saturated rings. The first-order valence-electron chi connectivity index (χ1n) is 6.79. The summed E-state index contributed by atoms with van der Waals surface area (Å²) in [7, 11) is 0. The molecule has 2 aromatic rings. The Bertz CT molecular complexity index is 674. The van der Waals surface area contributed by atoms with Gasteiger partial charge in [0.2, 0.25) is 0 Å². The number of nitrogens with zero attached hydrogens (tertiary/aromatic N) is 4. The maximum Gasteiger partial charge on any atom is 0.153 e. The van der Waals surface area contributed by atoms with E-state index in [0.717, 1.165) is 28.1 Å². The van der Waals surface area contributed by atoms with Crippen molar-refractivity contribution in [3.8, 4) is 6.07 Å². The number of hydrogen-bond acceptors (Lipinski definition) is 5. The largest absolute Gasteiger partial charge is 0.328 e. The molecule has 0 aromatic carbocycles. The fraction of sp³-hybridized carbons (Fsp3) is 0.500. The lowest BCUT2D eigenvalue weighted by Gasteiger charge is -2.12. The van der Waals surface area contributed by atoms with Crippen LogP contribution >= 0.6 is 11.5 Å². The minimum Gasteiger partial charge on any atom is -0.328 e. The summed E-state index contributed by atoms with van der Waals surface area (Å²) in [6.45, 7) is 6.14. The monoisotopic (exact) mass is 287 g/mol. The molecule has 6 heteroatoms. The Morgan fingerprint density at radius 1 is 1.50 bits per heavy atom. The number of rotatable bonds is 4. The first kappa shape index (κ1) is 13.1. The van der Waals surface area contributed by atoms with Crippen LogP contribution in [0.15, 0.2) is 6.07 Å². The van der Waals surface area contributed by atoms with Crippen LogP contribution in [0.5, 0.6) is 0 Å². The summed E-state index contributed by atoms with van der Waals surface area (Å²) < 4.78 is 6.29. The highest BCUT2D eigenvalue weighted by Gasteiger charge is 2.30. The lowest BCUT2D eigenvalue weighted by atomic mass is 10.2. The third kappa shape index (κ3) is 2.29. The molecule has 0 bridgehead atoms. The Kier molecular flexibility index (Phi) is 3.22. The van der Waals surface area contributed by atoms with Gasteiger partial charge in [0, 0.05) is 11.8 Å². The lowest BCUT2D eigenvalue weighted by molar-refractivity contribution is 0.432. The minimum absolute atomic E-state index is 0.448. The van der Waals surface area contributed by atoms with Gasteiger partial charge in [-0.2, -0.15) is 14.7 Å². The summed E-state index contributed by atoms with van der Waals surface area (Å²) in [4.78, 5) is 0. The SMILES string of the molecule is Cc1nsc(Nc2cc(C)n(C(C)C3CC3)n2)c1C#N. The molecule has 3 rings (SSSR count). The summed E-state index contributed by atoms with van der Waals surface area (Å²) in [5.74, 6) is 1.55. The number of aromatic nitrogens is 3. The third-order valence-corrected chi connectivity index (χ3v) is 4.68. The molecule has 0 aliphatic heterocycles. The first-order chi connectivity index (χ1) is 9.60. The minimum atomic E-state index is 0.448. The zero-order valence-electron chi connectivity index (χ0n) is 11.8. The van der Waals surface area contributed by atoms with Crippen LogP contribution in [-0.2, 0) is 0 Å². The van der Waals surface area contributed by atoms with Crippen molar-refractivity contribution in [3.05, 3.63) is 23.0 Å². The molecule has 0 spiro atoms. The second kappa shape index (κ2) is 4.91. The number of nitrogens with one attached hydrogen (secondary N) is 1. The van der Waals surface area contributed by atoms with E-state index < -0.39 is 0 Å². The molecule has 0 saturated heterocycles. The van der Waals surface area contributed by atoms with Gasteiger partial charge in [0.1, 0.15) is 16.6 Å². The van der Waals surface area contributed by atoms with Crippen molar-refractivity contribution in [3.63, 3.8) is 0 Å². The predicted octanol–water partition coefficient (Wildman–Crippen LogP) is 3.54. The maximum absolute atomic E-state index is 9.15. The highest BCUT2D eigenvalue weighted by Crippen LogP contribution is 2.40. The fourth-order valence-corrected chi connectivity index (χ4v) is 3.20. The van der Waals surface area contributed by atoms with E-state index in [0.29, 0.717) is 11.6 Å². The topological polar surface area (TPSA) is 66.5 Å². The standard InChI is InChI=1S/C14H17N5S/c1-8-6-13(17-19(8)10(3)11-4-5-11)16-14-12(7-15)9(2)18-20-14/h6,10-11H,4-5H2,1-3H3,(H,16,17). The summed E-state index contributed by atoms with van der Waals surface area (Å²) in [5, 5.41) is 17.8.